The third-order valence-electron chi connectivity index (χ3n) is 6.63. The predicted molar refractivity (Wildman–Crippen MR) is 124 cm³/mol. The van der Waals surface area contributed by atoms with E-state index in [1.165, 1.54) is 16.7 Å². The van der Waals surface area contributed by atoms with Crippen LogP contribution in [0.4, 0.5) is 0 Å². The number of hydrogen-bond acceptors (Lipinski definition) is 3. The first-order chi connectivity index (χ1) is 14.0. The van der Waals surface area contributed by atoms with Crippen molar-refractivity contribution in [2.24, 2.45) is 10.7 Å². The van der Waals surface area contributed by atoms with Gasteiger partial charge in [-0.1, -0.05) is 52.7 Å². The highest BCUT2D eigenvalue weighted by atomic mass is 79.9. The maximum Gasteiger partial charge on any atom is 0.138 e. The molecule has 1 aliphatic heterocycles. The summed E-state index contributed by atoms with van der Waals surface area (Å²) in [5.74, 6) is 0.805. The Hall–Kier alpha value is -1.36. The van der Waals surface area contributed by atoms with E-state index in [4.69, 9.17) is 22.1 Å². The molecule has 2 aromatic rings. The van der Waals surface area contributed by atoms with Crippen LogP contribution in [-0.4, -0.2) is 18.4 Å². The highest BCUT2D eigenvalue weighted by Crippen LogP contribution is 2.46. The average molecular weight is 476 g/mol. The minimum Gasteiger partial charge on any atom is -0.489 e. The van der Waals surface area contributed by atoms with Gasteiger partial charge in [-0.25, -0.2) is 0 Å². The molecule has 1 unspecified atom stereocenters. The average Bonchev–Trinajstić information content (AvgIpc) is 2.75. The molecule has 4 rings (SSSR count). The molecule has 1 aliphatic carbocycles. The summed E-state index contributed by atoms with van der Waals surface area (Å²) in [4.78, 5) is 4.34. The van der Waals surface area contributed by atoms with Gasteiger partial charge < -0.3 is 10.5 Å². The minimum atomic E-state index is -0.00911. The maximum atomic E-state index is 6.69. The number of fused-ring (bicyclic) bond motifs is 1. The number of aliphatic imine (C=N–C) groups is 1. The molecule has 1 heterocycles. The predicted octanol–water partition coefficient (Wildman–Crippen LogP) is 6.23. The zero-order chi connectivity index (χ0) is 20.4. The summed E-state index contributed by atoms with van der Waals surface area (Å²) in [6, 6.07) is 12.8. The summed E-state index contributed by atoms with van der Waals surface area (Å²) in [5.41, 5.74) is 10.5. The van der Waals surface area contributed by atoms with Crippen LogP contribution in [0.25, 0.3) is 0 Å². The smallest absolute Gasteiger partial charge is 0.138 e. The van der Waals surface area contributed by atoms with E-state index in [2.05, 4.69) is 58.2 Å². The lowest BCUT2D eigenvalue weighted by molar-refractivity contribution is 0.103. The largest absolute Gasteiger partial charge is 0.489 e. The molecule has 0 bridgehead atoms. The molecule has 0 radical (unpaired) electrons. The van der Waals surface area contributed by atoms with Crippen LogP contribution in [0.2, 0.25) is 5.02 Å². The molecule has 0 spiro atoms. The molecule has 3 nitrogen and oxygen atoms in total. The summed E-state index contributed by atoms with van der Waals surface area (Å²) < 4.78 is 7.55. The van der Waals surface area contributed by atoms with Crippen LogP contribution in [0.3, 0.4) is 0 Å². The molecule has 5 heteroatoms. The van der Waals surface area contributed by atoms with E-state index in [0.29, 0.717) is 11.6 Å². The molecule has 1 atom stereocenters. The number of ether oxygens (including phenoxy) is 1. The first-order valence-corrected chi connectivity index (χ1v) is 11.7. The van der Waals surface area contributed by atoms with Crippen molar-refractivity contribution in [3.05, 3.63) is 62.6 Å². The van der Waals surface area contributed by atoms with Crippen molar-refractivity contribution >= 4 is 33.7 Å². The van der Waals surface area contributed by atoms with Crippen LogP contribution in [0.1, 0.15) is 55.7 Å². The van der Waals surface area contributed by atoms with Crippen molar-refractivity contribution in [1.29, 1.82) is 0 Å². The van der Waals surface area contributed by atoms with Gasteiger partial charge in [-0.05, 0) is 67.0 Å². The van der Waals surface area contributed by atoms with E-state index < -0.39 is 0 Å². The molecular formula is C24H28BrClN2O. The van der Waals surface area contributed by atoms with Gasteiger partial charge in [0, 0.05) is 28.6 Å². The van der Waals surface area contributed by atoms with E-state index in [-0.39, 0.29) is 17.6 Å². The Morgan fingerprint density at radius 1 is 1.24 bits per heavy atom. The maximum absolute atomic E-state index is 6.69. The van der Waals surface area contributed by atoms with E-state index in [1.54, 1.807) is 0 Å². The van der Waals surface area contributed by atoms with Crippen LogP contribution >= 0.6 is 27.5 Å². The molecule has 0 amide bonds. The summed E-state index contributed by atoms with van der Waals surface area (Å²) in [5, 5.41) is 0.689. The Balaban J connectivity index is 1.52. The van der Waals surface area contributed by atoms with Crippen LogP contribution in [0, 0.1) is 0 Å². The van der Waals surface area contributed by atoms with Gasteiger partial charge in [0.1, 0.15) is 5.75 Å². The second-order valence-corrected chi connectivity index (χ2v) is 9.51. The number of benzene rings is 2. The lowest BCUT2D eigenvalue weighted by atomic mass is 9.64. The number of hydrogen-bond donors (Lipinski definition) is 1. The first kappa shape index (κ1) is 20.9. The van der Waals surface area contributed by atoms with E-state index in [9.17, 15) is 0 Å². The van der Waals surface area contributed by atoms with Crippen molar-refractivity contribution < 1.29 is 4.74 Å². The van der Waals surface area contributed by atoms with Crippen LogP contribution in [0.5, 0.6) is 5.75 Å². The molecule has 154 valence electrons. The number of nitrogens with two attached hydrogens (primary N) is 1. The zero-order valence-corrected chi connectivity index (χ0v) is 19.2. The summed E-state index contributed by atoms with van der Waals surface area (Å²) in [7, 11) is 0. The molecule has 1 fully saturated rings. The molecule has 1 saturated carbocycles. The van der Waals surface area contributed by atoms with Gasteiger partial charge >= 0.3 is 0 Å². The first-order valence-electron chi connectivity index (χ1n) is 10.5. The summed E-state index contributed by atoms with van der Waals surface area (Å²) in [6.45, 7) is 2.89. The Morgan fingerprint density at radius 2 is 2.00 bits per heavy atom. The molecule has 0 aromatic heterocycles. The number of halogens is 2. The van der Waals surface area contributed by atoms with Gasteiger partial charge in [0.25, 0.3) is 0 Å². The second kappa shape index (κ2) is 8.79. The monoisotopic (exact) mass is 474 g/mol. The van der Waals surface area contributed by atoms with Crippen LogP contribution in [0.15, 0.2) is 45.9 Å². The third kappa shape index (κ3) is 4.12. The lowest BCUT2D eigenvalue weighted by Gasteiger charge is -2.45. The normalized spacial score (nSPS) is 24.8. The van der Waals surface area contributed by atoms with Gasteiger partial charge in [-0.3, -0.25) is 4.99 Å². The fraction of sp³-hybridized carbons (Fsp3) is 0.458. The molecule has 0 saturated heterocycles. The molecule has 2 aromatic carbocycles. The fourth-order valence-corrected chi connectivity index (χ4v) is 5.80. The van der Waals surface area contributed by atoms with Crippen molar-refractivity contribution in [2.75, 3.05) is 0 Å². The number of nitrogens with zero attached hydrogens (tertiary/aromatic N) is 1. The SMILES string of the molecule is CCC(N)C1(c2ccccc2Br)CCC(Oc2cc3c(cc2Cl)CN=CC3)CC1. The van der Waals surface area contributed by atoms with Gasteiger partial charge in [0.15, 0.2) is 0 Å². The Kier molecular flexibility index (Phi) is 6.33. The second-order valence-electron chi connectivity index (χ2n) is 8.25. The highest BCUT2D eigenvalue weighted by Gasteiger charge is 2.42. The lowest BCUT2D eigenvalue weighted by Crippen LogP contribution is -2.49. The highest BCUT2D eigenvalue weighted by molar-refractivity contribution is 9.10. The van der Waals surface area contributed by atoms with Crippen LogP contribution in [-0.2, 0) is 18.4 Å². The van der Waals surface area contributed by atoms with E-state index in [1.807, 2.05) is 12.3 Å². The van der Waals surface area contributed by atoms with Gasteiger partial charge in [-0.15, -0.1) is 0 Å². The topological polar surface area (TPSA) is 47.6 Å². The Bertz CT molecular complexity index is 906. The quantitative estimate of drug-likeness (QED) is 0.557. The zero-order valence-electron chi connectivity index (χ0n) is 16.8. The standard InChI is InChI=1S/C24H28BrClN2O/c1-2-23(27)24(19-5-3-4-6-20(19)25)10-7-18(8-11-24)29-22-14-16-9-12-28-15-17(16)13-21(22)26/h3-6,12-14,18,23H,2,7-11,15,27H2,1H3. The van der Waals surface area contributed by atoms with Gasteiger partial charge in [0.05, 0.1) is 17.7 Å². The van der Waals surface area contributed by atoms with Crippen molar-refractivity contribution in [2.45, 2.75) is 69.6 Å². The van der Waals surface area contributed by atoms with Crippen molar-refractivity contribution in [3.63, 3.8) is 0 Å². The number of rotatable bonds is 5. The molecular weight excluding hydrogens is 448 g/mol. The fourth-order valence-electron chi connectivity index (χ4n) is 4.89. The van der Waals surface area contributed by atoms with Gasteiger partial charge in [-0.2, -0.15) is 0 Å². The Labute approximate surface area is 186 Å². The van der Waals surface area contributed by atoms with Crippen LogP contribution < -0.4 is 10.5 Å². The summed E-state index contributed by atoms with van der Waals surface area (Å²) >= 11 is 10.3. The summed E-state index contributed by atoms with van der Waals surface area (Å²) in [6.07, 6.45) is 7.94. The van der Waals surface area contributed by atoms with Gasteiger partial charge in [0.2, 0.25) is 0 Å². The molecule has 2 N–H and O–H groups in total. The van der Waals surface area contributed by atoms with Crippen molar-refractivity contribution in [3.8, 4) is 5.75 Å². The molecule has 2 aliphatic rings. The Morgan fingerprint density at radius 3 is 2.72 bits per heavy atom. The minimum absolute atomic E-state index is 0.00911. The van der Waals surface area contributed by atoms with E-state index in [0.717, 1.165) is 48.7 Å². The van der Waals surface area contributed by atoms with Crippen molar-refractivity contribution in [1.82, 2.24) is 0 Å². The van der Waals surface area contributed by atoms with E-state index >= 15 is 0 Å². The third-order valence-corrected chi connectivity index (χ3v) is 7.62. The molecule has 29 heavy (non-hydrogen) atoms.